The molecule has 0 atom stereocenters. The smallest absolute Gasteiger partial charge is 0.264 e. The van der Waals surface area contributed by atoms with Crippen LogP contribution in [0.1, 0.15) is 31.1 Å². The fourth-order valence-corrected chi connectivity index (χ4v) is 4.52. The van der Waals surface area contributed by atoms with Gasteiger partial charge in [-0.15, -0.1) is 0 Å². The van der Waals surface area contributed by atoms with Crippen LogP contribution < -0.4 is 14.4 Å². The lowest BCUT2D eigenvalue weighted by atomic mass is 10.2. The highest BCUT2D eigenvalue weighted by atomic mass is 32.2. The van der Waals surface area contributed by atoms with E-state index in [2.05, 4.69) is 26.1 Å². The first-order chi connectivity index (χ1) is 13.5. The van der Waals surface area contributed by atoms with Gasteiger partial charge in [0.05, 0.1) is 17.7 Å². The molecular formula is C21H28N2O4S2. The minimum Gasteiger partial charge on any atom is -0.497 e. The monoisotopic (exact) mass is 436 g/mol. The number of hydrogen-bond acceptors (Lipinski definition) is 5. The molecule has 0 spiro atoms. The van der Waals surface area contributed by atoms with Crippen LogP contribution in [-0.2, 0) is 10.0 Å². The summed E-state index contributed by atoms with van der Waals surface area (Å²) in [6, 6.07) is 12.8. The number of anilines is 1. The molecule has 1 amide bonds. The predicted octanol–water partition coefficient (Wildman–Crippen LogP) is 3.78. The Morgan fingerprint density at radius 1 is 1.14 bits per heavy atom. The van der Waals surface area contributed by atoms with E-state index in [9.17, 15) is 13.2 Å². The van der Waals surface area contributed by atoms with E-state index < -0.39 is 10.0 Å². The summed E-state index contributed by atoms with van der Waals surface area (Å²) in [5.74, 6) is 1.16. The van der Waals surface area contributed by atoms with Crippen molar-refractivity contribution in [3.05, 3.63) is 54.1 Å². The van der Waals surface area contributed by atoms with Crippen molar-refractivity contribution in [2.45, 2.75) is 30.4 Å². The van der Waals surface area contributed by atoms with Crippen molar-refractivity contribution in [1.29, 1.82) is 0 Å². The highest BCUT2D eigenvalue weighted by molar-refractivity contribution is 8.00. The van der Waals surface area contributed by atoms with Gasteiger partial charge in [0.2, 0.25) is 0 Å². The Labute approximate surface area is 177 Å². The lowest BCUT2D eigenvalue weighted by Crippen LogP contribution is -2.28. The van der Waals surface area contributed by atoms with Crippen LogP contribution in [0.25, 0.3) is 0 Å². The molecular weight excluding hydrogens is 408 g/mol. The molecule has 1 N–H and O–H groups in total. The van der Waals surface area contributed by atoms with Gasteiger partial charge in [0.1, 0.15) is 5.75 Å². The summed E-state index contributed by atoms with van der Waals surface area (Å²) in [5, 5.41) is 2.88. The SMILES string of the molecule is COc1ccc(S(=O)(=O)N(C)c2cccc(C(=O)NCCSC(C)(C)C)c2)cc1. The summed E-state index contributed by atoms with van der Waals surface area (Å²) in [5.41, 5.74) is 0.831. The van der Waals surface area contributed by atoms with Crippen LogP contribution in [0.4, 0.5) is 5.69 Å². The molecule has 0 aromatic heterocycles. The second kappa shape index (κ2) is 9.54. The fourth-order valence-electron chi connectivity index (χ4n) is 2.51. The van der Waals surface area contributed by atoms with Gasteiger partial charge in [-0.25, -0.2) is 8.42 Å². The molecule has 0 aliphatic heterocycles. The summed E-state index contributed by atoms with van der Waals surface area (Å²) >= 11 is 1.77. The molecule has 8 heteroatoms. The summed E-state index contributed by atoms with van der Waals surface area (Å²) in [6.45, 7) is 6.93. The number of carbonyl (C=O) groups is 1. The van der Waals surface area contributed by atoms with Crippen LogP contribution in [0.3, 0.4) is 0 Å². The number of ether oxygens (including phenoxy) is 1. The second-order valence-corrected chi connectivity index (χ2v) is 11.3. The normalized spacial score (nSPS) is 11.8. The highest BCUT2D eigenvalue weighted by Crippen LogP contribution is 2.25. The minimum atomic E-state index is -3.75. The first-order valence-corrected chi connectivity index (χ1v) is 11.6. The van der Waals surface area contributed by atoms with Crippen LogP contribution in [0.2, 0.25) is 0 Å². The first-order valence-electron chi connectivity index (χ1n) is 9.20. The molecule has 2 rings (SSSR count). The Balaban J connectivity index is 2.11. The Kier molecular flexibility index (Phi) is 7.60. The molecule has 0 aliphatic rings. The Morgan fingerprint density at radius 2 is 1.79 bits per heavy atom. The van der Waals surface area contributed by atoms with Crippen LogP contribution in [0.15, 0.2) is 53.4 Å². The van der Waals surface area contributed by atoms with Crippen molar-refractivity contribution < 1.29 is 17.9 Å². The lowest BCUT2D eigenvalue weighted by Gasteiger charge is -2.20. The maximum atomic E-state index is 12.9. The average molecular weight is 437 g/mol. The minimum absolute atomic E-state index is 0.142. The van der Waals surface area contributed by atoms with E-state index in [4.69, 9.17) is 4.74 Å². The topological polar surface area (TPSA) is 75.7 Å². The van der Waals surface area contributed by atoms with Crippen LogP contribution in [0, 0.1) is 0 Å². The Bertz CT molecular complexity index is 936. The standard InChI is InChI=1S/C21H28N2O4S2/c1-21(2,3)28-14-13-22-20(24)16-7-6-8-17(15-16)23(4)29(25,26)19-11-9-18(27-5)10-12-19/h6-12,15H,13-14H2,1-5H3,(H,22,24). The maximum Gasteiger partial charge on any atom is 0.264 e. The van der Waals surface area contributed by atoms with Crippen LogP contribution in [-0.4, -0.2) is 45.5 Å². The van der Waals surface area contributed by atoms with Gasteiger partial charge in [-0.1, -0.05) is 26.8 Å². The summed E-state index contributed by atoms with van der Waals surface area (Å²) in [7, 11) is -0.763. The van der Waals surface area contributed by atoms with E-state index in [-0.39, 0.29) is 15.5 Å². The van der Waals surface area contributed by atoms with E-state index in [0.717, 1.165) is 5.75 Å². The van der Waals surface area contributed by atoms with Crippen molar-refractivity contribution in [2.24, 2.45) is 0 Å². The van der Waals surface area contributed by atoms with E-state index in [1.165, 1.54) is 30.6 Å². The van der Waals surface area contributed by atoms with E-state index in [0.29, 0.717) is 23.5 Å². The third-order valence-electron chi connectivity index (χ3n) is 4.11. The average Bonchev–Trinajstić information content (AvgIpc) is 2.69. The molecule has 0 aliphatic carbocycles. The predicted molar refractivity (Wildman–Crippen MR) is 120 cm³/mol. The molecule has 6 nitrogen and oxygen atoms in total. The number of nitrogens with one attached hydrogen (secondary N) is 1. The molecule has 0 radical (unpaired) electrons. The van der Waals surface area contributed by atoms with Crippen molar-refractivity contribution in [3.63, 3.8) is 0 Å². The third-order valence-corrected chi connectivity index (χ3v) is 7.19. The van der Waals surface area contributed by atoms with Crippen LogP contribution >= 0.6 is 11.8 Å². The van der Waals surface area contributed by atoms with Gasteiger partial charge in [-0.2, -0.15) is 11.8 Å². The van der Waals surface area contributed by atoms with Gasteiger partial charge in [0.25, 0.3) is 15.9 Å². The number of benzene rings is 2. The highest BCUT2D eigenvalue weighted by Gasteiger charge is 2.22. The van der Waals surface area contributed by atoms with Crippen molar-refractivity contribution in [2.75, 3.05) is 30.8 Å². The molecule has 158 valence electrons. The largest absolute Gasteiger partial charge is 0.497 e. The molecule has 0 saturated heterocycles. The molecule has 2 aromatic carbocycles. The first kappa shape index (κ1) is 23.1. The molecule has 0 bridgehead atoms. The van der Waals surface area contributed by atoms with Gasteiger partial charge in [0.15, 0.2) is 0 Å². The van der Waals surface area contributed by atoms with E-state index in [1.54, 1.807) is 48.2 Å². The molecule has 0 unspecified atom stereocenters. The molecule has 2 aromatic rings. The number of nitrogens with zero attached hydrogens (tertiary/aromatic N) is 1. The van der Waals surface area contributed by atoms with E-state index in [1.807, 2.05) is 0 Å². The van der Waals surface area contributed by atoms with E-state index >= 15 is 0 Å². The Hall–Kier alpha value is -2.19. The molecule has 29 heavy (non-hydrogen) atoms. The number of methoxy groups -OCH3 is 1. The number of carbonyl (C=O) groups excluding carboxylic acids is 1. The van der Waals surface area contributed by atoms with Gasteiger partial charge in [0, 0.05) is 29.7 Å². The summed E-state index contributed by atoms with van der Waals surface area (Å²) in [6.07, 6.45) is 0. The summed E-state index contributed by atoms with van der Waals surface area (Å²) in [4.78, 5) is 12.6. The van der Waals surface area contributed by atoms with Gasteiger partial charge < -0.3 is 10.1 Å². The Morgan fingerprint density at radius 3 is 2.38 bits per heavy atom. The molecule has 0 heterocycles. The zero-order chi connectivity index (χ0) is 21.7. The number of thioether (sulfide) groups is 1. The lowest BCUT2D eigenvalue weighted by molar-refractivity contribution is 0.0956. The fraction of sp³-hybridized carbons (Fsp3) is 0.381. The van der Waals surface area contributed by atoms with Gasteiger partial charge >= 0.3 is 0 Å². The number of sulfonamides is 1. The quantitative estimate of drug-likeness (QED) is 0.638. The number of rotatable bonds is 8. The second-order valence-electron chi connectivity index (χ2n) is 7.42. The summed E-state index contributed by atoms with van der Waals surface area (Å²) < 4.78 is 32.2. The van der Waals surface area contributed by atoms with Crippen molar-refractivity contribution in [1.82, 2.24) is 5.32 Å². The molecule has 0 fully saturated rings. The zero-order valence-electron chi connectivity index (χ0n) is 17.4. The van der Waals surface area contributed by atoms with Crippen LogP contribution in [0.5, 0.6) is 5.75 Å². The van der Waals surface area contributed by atoms with Crippen molar-refractivity contribution in [3.8, 4) is 5.75 Å². The van der Waals surface area contributed by atoms with Gasteiger partial charge in [-0.3, -0.25) is 9.10 Å². The number of hydrogen-bond donors (Lipinski definition) is 1. The maximum absolute atomic E-state index is 12.9. The van der Waals surface area contributed by atoms with Gasteiger partial charge in [-0.05, 0) is 42.5 Å². The zero-order valence-corrected chi connectivity index (χ0v) is 19.1. The third kappa shape index (κ3) is 6.40. The molecule has 0 saturated carbocycles. The van der Waals surface area contributed by atoms with Crippen molar-refractivity contribution >= 4 is 33.4 Å². The number of amides is 1.